The summed E-state index contributed by atoms with van der Waals surface area (Å²) in [7, 11) is 0. The van der Waals surface area contributed by atoms with Crippen LogP contribution in [-0.4, -0.2) is 24.9 Å². The molecule has 1 saturated heterocycles. The van der Waals surface area contributed by atoms with E-state index in [-0.39, 0.29) is 6.10 Å². The number of para-hydroxylation sites is 1. The Hall–Kier alpha value is -1.06. The van der Waals surface area contributed by atoms with Gasteiger partial charge in [-0.1, -0.05) is 18.2 Å². The van der Waals surface area contributed by atoms with Crippen molar-refractivity contribution in [3.63, 3.8) is 0 Å². The number of benzene rings is 1. The maximum absolute atomic E-state index is 5.88. The molecule has 0 spiro atoms. The molecule has 1 aliphatic carbocycles. The predicted octanol–water partition coefficient (Wildman–Crippen LogP) is 3.13. The number of hydrogen-bond donors (Lipinski definition) is 1. The monoisotopic (exact) mass is 275 g/mol. The van der Waals surface area contributed by atoms with Gasteiger partial charge in [-0.3, -0.25) is 0 Å². The first kappa shape index (κ1) is 13.9. The molecule has 110 valence electrons. The first-order valence-electron chi connectivity index (χ1n) is 7.83. The summed E-state index contributed by atoms with van der Waals surface area (Å²) in [5.41, 5.74) is 1.24. The van der Waals surface area contributed by atoms with Gasteiger partial charge in [-0.05, 0) is 45.1 Å². The third-order valence-electron chi connectivity index (χ3n) is 4.11. The van der Waals surface area contributed by atoms with Crippen molar-refractivity contribution in [2.45, 2.75) is 57.9 Å². The molecule has 0 radical (unpaired) electrons. The molecule has 2 aliphatic rings. The third-order valence-corrected chi connectivity index (χ3v) is 4.11. The van der Waals surface area contributed by atoms with Gasteiger partial charge >= 0.3 is 0 Å². The Bertz CT molecular complexity index is 442. The lowest BCUT2D eigenvalue weighted by atomic mass is 10.1. The molecule has 2 unspecified atom stereocenters. The van der Waals surface area contributed by atoms with Gasteiger partial charge in [0.25, 0.3) is 0 Å². The van der Waals surface area contributed by atoms with Crippen LogP contribution in [0.1, 0.15) is 38.7 Å². The average Bonchev–Trinajstić information content (AvgIpc) is 3.16. The van der Waals surface area contributed by atoms with Gasteiger partial charge in [-0.2, -0.15) is 0 Å². The molecule has 3 heteroatoms. The van der Waals surface area contributed by atoms with Crippen LogP contribution < -0.4 is 10.1 Å². The van der Waals surface area contributed by atoms with E-state index >= 15 is 0 Å². The van der Waals surface area contributed by atoms with Crippen molar-refractivity contribution in [2.24, 2.45) is 5.92 Å². The van der Waals surface area contributed by atoms with E-state index in [0.717, 1.165) is 31.2 Å². The van der Waals surface area contributed by atoms with Crippen LogP contribution in [0.2, 0.25) is 0 Å². The van der Waals surface area contributed by atoms with Crippen LogP contribution in [0, 0.1) is 5.92 Å². The minimum absolute atomic E-state index is 0.213. The third kappa shape index (κ3) is 3.33. The maximum Gasteiger partial charge on any atom is 0.124 e. The van der Waals surface area contributed by atoms with Gasteiger partial charge < -0.3 is 14.8 Å². The van der Waals surface area contributed by atoms with Crippen LogP contribution in [0.4, 0.5) is 0 Å². The van der Waals surface area contributed by atoms with E-state index < -0.39 is 0 Å². The number of hydrogen-bond acceptors (Lipinski definition) is 3. The molecule has 0 bridgehead atoms. The lowest BCUT2D eigenvalue weighted by molar-refractivity contribution is 0.0808. The van der Waals surface area contributed by atoms with E-state index in [9.17, 15) is 0 Å². The van der Waals surface area contributed by atoms with Crippen molar-refractivity contribution in [3.05, 3.63) is 29.8 Å². The van der Waals surface area contributed by atoms with E-state index in [0.29, 0.717) is 12.1 Å². The summed E-state index contributed by atoms with van der Waals surface area (Å²) in [6.45, 7) is 5.90. The summed E-state index contributed by atoms with van der Waals surface area (Å²) in [6, 6.07) is 8.82. The quantitative estimate of drug-likeness (QED) is 0.865. The lowest BCUT2D eigenvalue weighted by Gasteiger charge is -2.21. The molecule has 20 heavy (non-hydrogen) atoms. The summed E-state index contributed by atoms with van der Waals surface area (Å²) < 4.78 is 11.8. The fraction of sp³-hybridized carbons (Fsp3) is 0.647. The zero-order valence-electron chi connectivity index (χ0n) is 12.5. The van der Waals surface area contributed by atoms with E-state index in [1.807, 2.05) is 6.07 Å². The molecule has 3 rings (SSSR count). The number of ether oxygens (including phenoxy) is 2. The molecule has 1 saturated carbocycles. The van der Waals surface area contributed by atoms with Gasteiger partial charge in [0.05, 0.1) is 12.2 Å². The van der Waals surface area contributed by atoms with Gasteiger partial charge in [0.2, 0.25) is 0 Å². The standard InChI is InChI=1S/C17H25NO2/c1-12(2)20-16-6-4-3-5-14(16)11-18-15-9-10-19-17(15)13-7-8-13/h3-6,12-13,15,17-18H,7-11H2,1-2H3. The van der Waals surface area contributed by atoms with E-state index in [1.54, 1.807) is 0 Å². The molecule has 1 N–H and O–H groups in total. The predicted molar refractivity (Wildman–Crippen MR) is 79.9 cm³/mol. The second kappa shape index (κ2) is 6.15. The van der Waals surface area contributed by atoms with Crippen molar-refractivity contribution in [3.8, 4) is 5.75 Å². The molecule has 0 aromatic heterocycles. The number of rotatable bonds is 6. The first-order chi connectivity index (χ1) is 9.74. The SMILES string of the molecule is CC(C)Oc1ccccc1CNC1CCOC1C1CC1. The maximum atomic E-state index is 5.88. The van der Waals surface area contributed by atoms with Gasteiger partial charge in [0, 0.05) is 24.8 Å². The highest BCUT2D eigenvalue weighted by Gasteiger charge is 2.40. The van der Waals surface area contributed by atoms with Gasteiger partial charge in [-0.15, -0.1) is 0 Å². The second-order valence-corrected chi connectivity index (χ2v) is 6.22. The lowest BCUT2D eigenvalue weighted by Crippen LogP contribution is -2.37. The number of nitrogens with one attached hydrogen (secondary N) is 1. The molecule has 1 aromatic carbocycles. The summed E-state index contributed by atoms with van der Waals surface area (Å²) >= 11 is 0. The van der Waals surface area contributed by atoms with Crippen molar-refractivity contribution in [2.75, 3.05) is 6.61 Å². The van der Waals surface area contributed by atoms with Crippen molar-refractivity contribution in [1.29, 1.82) is 0 Å². The second-order valence-electron chi connectivity index (χ2n) is 6.22. The highest BCUT2D eigenvalue weighted by Crippen LogP contribution is 2.38. The van der Waals surface area contributed by atoms with Gasteiger partial charge in [-0.25, -0.2) is 0 Å². The molecule has 1 heterocycles. The van der Waals surface area contributed by atoms with Crippen molar-refractivity contribution >= 4 is 0 Å². The Balaban J connectivity index is 1.60. The first-order valence-corrected chi connectivity index (χ1v) is 7.83. The normalized spacial score (nSPS) is 26.1. The van der Waals surface area contributed by atoms with Gasteiger partial charge in [0.1, 0.15) is 5.75 Å². The Kier molecular flexibility index (Phi) is 4.27. The fourth-order valence-electron chi connectivity index (χ4n) is 2.98. The molecular formula is C17H25NO2. The summed E-state index contributed by atoms with van der Waals surface area (Å²) in [4.78, 5) is 0. The Morgan fingerprint density at radius 1 is 1.25 bits per heavy atom. The minimum Gasteiger partial charge on any atom is -0.491 e. The van der Waals surface area contributed by atoms with Crippen LogP contribution in [0.5, 0.6) is 5.75 Å². The van der Waals surface area contributed by atoms with Gasteiger partial charge in [0.15, 0.2) is 0 Å². The van der Waals surface area contributed by atoms with Crippen LogP contribution in [-0.2, 0) is 11.3 Å². The largest absolute Gasteiger partial charge is 0.491 e. The molecule has 3 nitrogen and oxygen atoms in total. The van der Waals surface area contributed by atoms with Crippen LogP contribution in [0.3, 0.4) is 0 Å². The van der Waals surface area contributed by atoms with E-state index in [2.05, 4.69) is 37.4 Å². The highest BCUT2D eigenvalue weighted by atomic mass is 16.5. The van der Waals surface area contributed by atoms with Crippen molar-refractivity contribution in [1.82, 2.24) is 5.32 Å². The zero-order valence-corrected chi connectivity index (χ0v) is 12.5. The zero-order chi connectivity index (χ0) is 13.9. The van der Waals surface area contributed by atoms with Crippen LogP contribution in [0.25, 0.3) is 0 Å². The highest BCUT2D eigenvalue weighted by molar-refractivity contribution is 5.33. The average molecular weight is 275 g/mol. The van der Waals surface area contributed by atoms with Crippen LogP contribution >= 0.6 is 0 Å². The fourth-order valence-corrected chi connectivity index (χ4v) is 2.98. The Morgan fingerprint density at radius 2 is 2.05 bits per heavy atom. The van der Waals surface area contributed by atoms with E-state index in [1.165, 1.54) is 18.4 Å². The molecule has 1 aromatic rings. The topological polar surface area (TPSA) is 30.5 Å². The van der Waals surface area contributed by atoms with Crippen molar-refractivity contribution < 1.29 is 9.47 Å². The molecule has 1 aliphatic heterocycles. The molecule has 2 atom stereocenters. The van der Waals surface area contributed by atoms with Crippen LogP contribution in [0.15, 0.2) is 24.3 Å². The smallest absolute Gasteiger partial charge is 0.124 e. The van der Waals surface area contributed by atoms with E-state index in [4.69, 9.17) is 9.47 Å². The molecular weight excluding hydrogens is 250 g/mol. The summed E-state index contributed by atoms with van der Waals surface area (Å²) in [6.07, 6.45) is 4.47. The molecule has 0 amide bonds. The Morgan fingerprint density at radius 3 is 2.80 bits per heavy atom. The minimum atomic E-state index is 0.213. The molecule has 2 fully saturated rings. The summed E-state index contributed by atoms with van der Waals surface area (Å²) in [5, 5.41) is 3.68. The Labute approximate surface area is 121 Å². The summed E-state index contributed by atoms with van der Waals surface area (Å²) in [5.74, 6) is 1.80.